The van der Waals surface area contributed by atoms with E-state index in [-0.39, 0.29) is 12.0 Å². The van der Waals surface area contributed by atoms with Crippen LogP contribution >= 0.6 is 11.3 Å². The van der Waals surface area contributed by atoms with Gasteiger partial charge in [0.25, 0.3) is 5.91 Å². The number of carbonyl (C=O) groups is 1. The molecule has 1 aromatic carbocycles. The molecule has 4 nitrogen and oxygen atoms in total. The molecule has 1 heterocycles. The average Bonchev–Trinajstić information content (AvgIpc) is 2.89. The Morgan fingerprint density at radius 3 is 2.61 bits per heavy atom. The maximum atomic E-state index is 12.3. The average molecular weight is 332 g/mol. The molecule has 0 bridgehead atoms. The van der Waals surface area contributed by atoms with E-state index in [4.69, 9.17) is 4.74 Å². The molecular weight excluding hydrogens is 308 g/mol. The van der Waals surface area contributed by atoms with Crippen molar-refractivity contribution in [3.63, 3.8) is 0 Å². The second-order valence-corrected chi connectivity index (χ2v) is 6.83. The quantitative estimate of drug-likeness (QED) is 0.781. The van der Waals surface area contributed by atoms with E-state index in [1.807, 2.05) is 32.9 Å². The summed E-state index contributed by atoms with van der Waals surface area (Å²) in [7, 11) is 0. The number of benzene rings is 1. The largest absolute Gasteiger partial charge is 0.379 e. The molecule has 0 unspecified atom stereocenters. The summed E-state index contributed by atoms with van der Waals surface area (Å²) in [4.78, 5) is 17.5. The lowest BCUT2D eigenvalue weighted by Gasteiger charge is -2.07. The summed E-state index contributed by atoms with van der Waals surface area (Å²) < 4.78 is 5.46. The predicted molar refractivity (Wildman–Crippen MR) is 95.1 cm³/mol. The first-order valence-corrected chi connectivity index (χ1v) is 8.73. The Bertz CT molecular complexity index is 648. The van der Waals surface area contributed by atoms with Crippen molar-refractivity contribution in [3.05, 3.63) is 40.4 Å². The van der Waals surface area contributed by atoms with Crippen LogP contribution in [0.25, 0.3) is 10.6 Å². The van der Waals surface area contributed by atoms with Crippen molar-refractivity contribution >= 4 is 17.2 Å². The minimum atomic E-state index is -0.0529. The molecule has 0 fully saturated rings. The first-order valence-electron chi connectivity index (χ1n) is 7.91. The lowest BCUT2D eigenvalue weighted by molar-refractivity contribution is 0.0757. The molecule has 2 rings (SSSR count). The van der Waals surface area contributed by atoms with E-state index in [9.17, 15) is 4.79 Å². The molecule has 5 heteroatoms. The monoisotopic (exact) mass is 332 g/mol. The van der Waals surface area contributed by atoms with Crippen molar-refractivity contribution in [1.29, 1.82) is 0 Å². The Balaban J connectivity index is 1.95. The highest BCUT2D eigenvalue weighted by atomic mass is 32.1. The SMILES string of the molecule is Cc1ccc(-c2nc(C)c(C(=O)NCCCOC(C)C)s2)cc1. The highest BCUT2D eigenvalue weighted by molar-refractivity contribution is 7.17. The molecule has 1 aromatic heterocycles. The number of rotatable bonds is 7. The topological polar surface area (TPSA) is 51.2 Å². The normalized spacial score (nSPS) is 11.0. The van der Waals surface area contributed by atoms with Crippen LogP contribution in [0.4, 0.5) is 0 Å². The number of ether oxygens (including phenoxy) is 1. The lowest BCUT2D eigenvalue weighted by atomic mass is 10.2. The number of carbonyl (C=O) groups excluding carboxylic acids is 1. The Morgan fingerprint density at radius 2 is 1.96 bits per heavy atom. The summed E-state index contributed by atoms with van der Waals surface area (Å²) in [6.07, 6.45) is 1.04. The van der Waals surface area contributed by atoms with Gasteiger partial charge in [0.05, 0.1) is 11.8 Å². The smallest absolute Gasteiger partial charge is 0.263 e. The van der Waals surface area contributed by atoms with Crippen molar-refractivity contribution in [2.24, 2.45) is 0 Å². The molecule has 23 heavy (non-hydrogen) atoms. The Kier molecular flexibility index (Phi) is 6.30. The first-order chi connectivity index (χ1) is 11.0. The molecule has 0 spiro atoms. The van der Waals surface area contributed by atoms with Crippen molar-refractivity contribution < 1.29 is 9.53 Å². The van der Waals surface area contributed by atoms with Gasteiger partial charge in [0, 0.05) is 18.7 Å². The third-order valence-corrected chi connectivity index (χ3v) is 4.56. The van der Waals surface area contributed by atoms with E-state index in [1.54, 1.807) is 0 Å². The third kappa shape index (κ3) is 5.15. The molecule has 0 saturated carbocycles. The highest BCUT2D eigenvalue weighted by Crippen LogP contribution is 2.28. The van der Waals surface area contributed by atoms with Crippen LogP contribution in [0.2, 0.25) is 0 Å². The third-order valence-electron chi connectivity index (χ3n) is 3.36. The number of hydrogen-bond acceptors (Lipinski definition) is 4. The van der Waals surface area contributed by atoms with Gasteiger partial charge >= 0.3 is 0 Å². The van der Waals surface area contributed by atoms with Crippen LogP contribution in [0.15, 0.2) is 24.3 Å². The number of aromatic nitrogens is 1. The van der Waals surface area contributed by atoms with Gasteiger partial charge in [0.1, 0.15) is 9.88 Å². The predicted octanol–water partition coefficient (Wildman–Crippen LogP) is 3.97. The van der Waals surface area contributed by atoms with Gasteiger partial charge < -0.3 is 10.1 Å². The van der Waals surface area contributed by atoms with Gasteiger partial charge in [-0.1, -0.05) is 29.8 Å². The molecular formula is C18H24N2O2S. The van der Waals surface area contributed by atoms with Gasteiger partial charge in [-0.05, 0) is 34.1 Å². The lowest BCUT2D eigenvalue weighted by Crippen LogP contribution is -2.25. The van der Waals surface area contributed by atoms with E-state index in [2.05, 4.69) is 29.4 Å². The van der Waals surface area contributed by atoms with Crippen LogP contribution in [-0.4, -0.2) is 30.1 Å². The second-order valence-electron chi connectivity index (χ2n) is 5.83. The Labute approximate surface area is 141 Å². The molecule has 0 aliphatic carbocycles. The van der Waals surface area contributed by atoms with Crippen LogP contribution in [0.1, 0.15) is 41.2 Å². The molecule has 1 N–H and O–H groups in total. The fraction of sp³-hybridized carbons (Fsp3) is 0.444. The van der Waals surface area contributed by atoms with Crippen LogP contribution in [0.5, 0.6) is 0 Å². The summed E-state index contributed by atoms with van der Waals surface area (Å²) >= 11 is 1.44. The van der Waals surface area contributed by atoms with Gasteiger partial charge in [0.15, 0.2) is 0 Å². The van der Waals surface area contributed by atoms with Crippen molar-refractivity contribution in [1.82, 2.24) is 10.3 Å². The molecule has 0 saturated heterocycles. The Hall–Kier alpha value is -1.72. The van der Waals surface area contributed by atoms with Gasteiger partial charge in [0.2, 0.25) is 0 Å². The molecule has 124 valence electrons. The maximum Gasteiger partial charge on any atom is 0.263 e. The van der Waals surface area contributed by atoms with Gasteiger partial charge in [-0.2, -0.15) is 0 Å². The minimum absolute atomic E-state index is 0.0529. The summed E-state index contributed by atoms with van der Waals surface area (Å²) in [6.45, 7) is 9.22. The van der Waals surface area contributed by atoms with E-state index in [0.29, 0.717) is 18.0 Å². The zero-order valence-corrected chi connectivity index (χ0v) is 15.0. The molecule has 0 aliphatic heterocycles. The fourth-order valence-corrected chi connectivity index (χ4v) is 3.09. The minimum Gasteiger partial charge on any atom is -0.379 e. The fourth-order valence-electron chi connectivity index (χ4n) is 2.10. The van der Waals surface area contributed by atoms with Crippen molar-refractivity contribution in [3.8, 4) is 10.6 Å². The maximum absolute atomic E-state index is 12.3. The van der Waals surface area contributed by atoms with E-state index < -0.39 is 0 Å². The number of hydrogen-bond donors (Lipinski definition) is 1. The highest BCUT2D eigenvalue weighted by Gasteiger charge is 2.15. The number of aryl methyl sites for hydroxylation is 2. The molecule has 0 aliphatic rings. The Morgan fingerprint density at radius 1 is 1.26 bits per heavy atom. The van der Waals surface area contributed by atoms with Crippen LogP contribution in [-0.2, 0) is 4.74 Å². The standard InChI is InChI=1S/C18H24N2O2S/c1-12(2)22-11-5-10-19-17(21)16-14(4)20-18(23-16)15-8-6-13(3)7-9-15/h6-9,12H,5,10-11H2,1-4H3,(H,19,21). The second kappa shape index (κ2) is 8.22. The van der Waals surface area contributed by atoms with E-state index >= 15 is 0 Å². The molecule has 2 aromatic rings. The summed E-state index contributed by atoms with van der Waals surface area (Å²) in [5, 5.41) is 3.82. The zero-order valence-electron chi connectivity index (χ0n) is 14.2. The van der Waals surface area contributed by atoms with Gasteiger partial charge in [-0.3, -0.25) is 4.79 Å². The number of thiazole rings is 1. The summed E-state index contributed by atoms with van der Waals surface area (Å²) in [5.74, 6) is -0.0529. The van der Waals surface area contributed by atoms with Crippen LogP contribution < -0.4 is 5.32 Å². The number of nitrogens with one attached hydrogen (secondary N) is 1. The van der Waals surface area contributed by atoms with Crippen LogP contribution in [0.3, 0.4) is 0 Å². The van der Waals surface area contributed by atoms with Crippen molar-refractivity contribution in [2.75, 3.05) is 13.2 Å². The van der Waals surface area contributed by atoms with E-state index in [1.165, 1.54) is 16.9 Å². The molecule has 0 atom stereocenters. The van der Waals surface area contributed by atoms with E-state index in [0.717, 1.165) is 22.7 Å². The van der Waals surface area contributed by atoms with Crippen molar-refractivity contribution in [2.45, 2.75) is 40.2 Å². The molecule has 1 amide bonds. The first kappa shape index (κ1) is 17.6. The number of amides is 1. The zero-order chi connectivity index (χ0) is 16.8. The molecule has 0 radical (unpaired) electrons. The van der Waals surface area contributed by atoms with Gasteiger partial charge in [-0.15, -0.1) is 11.3 Å². The summed E-state index contributed by atoms with van der Waals surface area (Å²) in [5.41, 5.74) is 3.04. The van der Waals surface area contributed by atoms with Gasteiger partial charge in [-0.25, -0.2) is 4.98 Å². The summed E-state index contributed by atoms with van der Waals surface area (Å²) in [6, 6.07) is 8.19. The number of nitrogens with zero attached hydrogens (tertiary/aromatic N) is 1. The van der Waals surface area contributed by atoms with Crippen LogP contribution in [0, 0.1) is 13.8 Å².